The van der Waals surface area contributed by atoms with Gasteiger partial charge in [0.25, 0.3) is 0 Å². The molecule has 0 aliphatic carbocycles. The van der Waals surface area contributed by atoms with Crippen molar-refractivity contribution in [2.45, 2.75) is 13.8 Å². The van der Waals surface area contributed by atoms with Crippen LogP contribution in [0.4, 0.5) is 0 Å². The van der Waals surface area contributed by atoms with E-state index >= 15 is 0 Å². The molecule has 1 rings (SSSR count). The van der Waals surface area contributed by atoms with Gasteiger partial charge >= 0.3 is 0 Å². The van der Waals surface area contributed by atoms with E-state index in [9.17, 15) is 0 Å². The molecule has 12 heavy (non-hydrogen) atoms. The largest absolute Gasteiger partial charge is 0.193 e. The van der Waals surface area contributed by atoms with Crippen LogP contribution < -0.4 is 0 Å². The molecule has 0 spiro atoms. The Morgan fingerprint density at radius 2 is 2.25 bits per heavy atom. The Kier molecular flexibility index (Phi) is 2.91. The van der Waals surface area contributed by atoms with E-state index < -0.39 is 0 Å². The Hall–Kier alpha value is -0.780. The van der Waals surface area contributed by atoms with Crippen molar-refractivity contribution in [1.29, 1.82) is 5.26 Å². The topological polar surface area (TPSA) is 23.8 Å². The van der Waals surface area contributed by atoms with Gasteiger partial charge in [-0.2, -0.15) is 16.6 Å². The Labute approximate surface area is 80.9 Å². The van der Waals surface area contributed by atoms with Crippen LogP contribution in [0, 0.1) is 18.3 Å². The molecular weight excluding hydrogens is 190 g/mol. The third kappa shape index (κ3) is 1.69. The SMILES string of the molecule is C/C(C#N)=C(/Cl)c1cscc1C. The van der Waals surface area contributed by atoms with Crippen molar-refractivity contribution in [2.75, 3.05) is 0 Å². The molecule has 1 heterocycles. The predicted octanol–water partition coefficient (Wildman–Crippen LogP) is 3.55. The third-order valence-corrected chi connectivity index (χ3v) is 2.94. The first kappa shape index (κ1) is 9.31. The highest BCUT2D eigenvalue weighted by Crippen LogP contribution is 2.28. The summed E-state index contributed by atoms with van der Waals surface area (Å²) in [5, 5.41) is 13.1. The highest BCUT2D eigenvalue weighted by molar-refractivity contribution is 7.08. The molecule has 1 aromatic heterocycles. The number of aryl methyl sites for hydroxylation is 1. The predicted molar refractivity (Wildman–Crippen MR) is 53.1 cm³/mol. The third-order valence-electron chi connectivity index (χ3n) is 1.59. The van der Waals surface area contributed by atoms with Crippen LogP contribution >= 0.6 is 22.9 Å². The van der Waals surface area contributed by atoms with Gasteiger partial charge < -0.3 is 0 Å². The number of nitriles is 1. The summed E-state index contributed by atoms with van der Waals surface area (Å²) in [6, 6.07) is 2.03. The second-order valence-electron chi connectivity index (χ2n) is 2.52. The average molecular weight is 198 g/mol. The van der Waals surface area contributed by atoms with Gasteiger partial charge in [0.2, 0.25) is 0 Å². The molecule has 0 fully saturated rings. The number of thiophene rings is 1. The van der Waals surface area contributed by atoms with Crippen LogP contribution in [0.2, 0.25) is 0 Å². The van der Waals surface area contributed by atoms with Gasteiger partial charge in [-0.3, -0.25) is 0 Å². The first-order valence-corrected chi connectivity index (χ1v) is 4.78. The van der Waals surface area contributed by atoms with Crippen LogP contribution in [-0.4, -0.2) is 0 Å². The van der Waals surface area contributed by atoms with Gasteiger partial charge in [-0.05, 0) is 30.2 Å². The molecule has 0 aromatic carbocycles. The summed E-state index contributed by atoms with van der Waals surface area (Å²) in [7, 11) is 0. The van der Waals surface area contributed by atoms with E-state index in [0.717, 1.165) is 11.1 Å². The van der Waals surface area contributed by atoms with Crippen LogP contribution in [0.25, 0.3) is 5.03 Å². The first-order valence-electron chi connectivity index (χ1n) is 3.46. The van der Waals surface area contributed by atoms with Crippen molar-refractivity contribution in [3.63, 3.8) is 0 Å². The molecular formula is C9H8ClNS. The molecule has 3 heteroatoms. The van der Waals surface area contributed by atoms with Crippen molar-refractivity contribution in [3.05, 3.63) is 27.5 Å². The molecule has 0 aliphatic heterocycles. The molecule has 0 unspecified atom stereocenters. The van der Waals surface area contributed by atoms with E-state index in [1.54, 1.807) is 18.3 Å². The van der Waals surface area contributed by atoms with Gasteiger partial charge in [0.15, 0.2) is 0 Å². The molecule has 0 atom stereocenters. The van der Waals surface area contributed by atoms with E-state index in [0.29, 0.717) is 10.6 Å². The summed E-state index contributed by atoms with van der Waals surface area (Å²) in [5.41, 5.74) is 2.67. The zero-order valence-corrected chi connectivity index (χ0v) is 8.46. The minimum Gasteiger partial charge on any atom is -0.193 e. The van der Waals surface area contributed by atoms with E-state index in [2.05, 4.69) is 0 Å². The second kappa shape index (κ2) is 3.75. The lowest BCUT2D eigenvalue weighted by molar-refractivity contribution is 1.44. The van der Waals surface area contributed by atoms with E-state index in [-0.39, 0.29) is 0 Å². The molecule has 62 valence electrons. The Bertz CT molecular complexity index is 357. The standard InChI is InChI=1S/C9H8ClNS/c1-6(3-11)9(10)8-5-12-4-7(8)2/h4-5H,1-2H3/b9-6-. The fraction of sp³-hybridized carbons (Fsp3) is 0.222. The van der Waals surface area contributed by atoms with Gasteiger partial charge in [0.05, 0.1) is 11.1 Å². The summed E-state index contributed by atoms with van der Waals surface area (Å²) in [5.74, 6) is 0. The van der Waals surface area contributed by atoms with Crippen molar-refractivity contribution in [2.24, 2.45) is 0 Å². The van der Waals surface area contributed by atoms with Gasteiger partial charge in [-0.1, -0.05) is 11.6 Å². The molecule has 0 bridgehead atoms. The van der Waals surface area contributed by atoms with Crippen LogP contribution in [0.15, 0.2) is 16.3 Å². The van der Waals surface area contributed by atoms with Crippen LogP contribution in [-0.2, 0) is 0 Å². The van der Waals surface area contributed by atoms with Gasteiger partial charge in [0, 0.05) is 11.1 Å². The monoisotopic (exact) mass is 197 g/mol. The maximum absolute atomic E-state index is 8.61. The molecule has 0 saturated heterocycles. The zero-order chi connectivity index (χ0) is 9.14. The van der Waals surface area contributed by atoms with Crippen molar-refractivity contribution < 1.29 is 0 Å². The van der Waals surface area contributed by atoms with E-state index in [1.807, 2.05) is 23.8 Å². The number of rotatable bonds is 1. The van der Waals surface area contributed by atoms with Crippen molar-refractivity contribution in [1.82, 2.24) is 0 Å². The van der Waals surface area contributed by atoms with Gasteiger partial charge in [-0.15, -0.1) is 0 Å². The highest BCUT2D eigenvalue weighted by Gasteiger charge is 2.06. The fourth-order valence-corrected chi connectivity index (χ4v) is 1.99. The number of halogens is 1. The van der Waals surface area contributed by atoms with E-state index in [1.165, 1.54) is 0 Å². The summed E-state index contributed by atoms with van der Waals surface area (Å²) < 4.78 is 0. The molecule has 1 nitrogen and oxygen atoms in total. The normalized spacial score (nSPS) is 12.2. The molecule has 0 N–H and O–H groups in total. The van der Waals surface area contributed by atoms with Crippen LogP contribution in [0.5, 0.6) is 0 Å². The Balaban J connectivity index is 3.18. The molecule has 0 saturated carbocycles. The number of hydrogen-bond acceptors (Lipinski definition) is 2. The summed E-state index contributed by atoms with van der Waals surface area (Å²) in [6.07, 6.45) is 0. The maximum Gasteiger partial charge on any atom is 0.0959 e. The van der Waals surface area contributed by atoms with E-state index in [4.69, 9.17) is 16.9 Å². The molecule has 1 aromatic rings. The fourth-order valence-electron chi connectivity index (χ4n) is 0.836. The first-order chi connectivity index (χ1) is 5.66. The molecule has 0 aliphatic rings. The summed E-state index contributed by atoms with van der Waals surface area (Å²) >= 11 is 7.56. The number of hydrogen-bond donors (Lipinski definition) is 0. The van der Waals surface area contributed by atoms with Gasteiger partial charge in [0.1, 0.15) is 0 Å². The quantitative estimate of drug-likeness (QED) is 0.632. The summed E-state index contributed by atoms with van der Waals surface area (Å²) in [4.78, 5) is 0. The second-order valence-corrected chi connectivity index (χ2v) is 3.64. The average Bonchev–Trinajstić information content (AvgIpc) is 2.48. The Morgan fingerprint density at radius 1 is 1.58 bits per heavy atom. The lowest BCUT2D eigenvalue weighted by atomic mass is 10.1. The minimum absolute atomic E-state index is 0.566. The zero-order valence-electron chi connectivity index (χ0n) is 6.89. The Morgan fingerprint density at radius 3 is 2.67 bits per heavy atom. The van der Waals surface area contributed by atoms with Gasteiger partial charge in [-0.25, -0.2) is 0 Å². The van der Waals surface area contributed by atoms with Crippen molar-refractivity contribution >= 4 is 28.0 Å². The van der Waals surface area contributed by atoms with Crippen LogP contribution in [0.1, 0.15) is 18.1 Å². The van der Waals surface area contributed by atoms with Crippen LogP contribution in [0.3, 0.4) is 0 Å². The molecule has 0 amide bonds. The lowest BCUT2D eigenvalue weighted by Crippen LogP contribution is -1.79. The maximum atomic E-state index is 8.61. The lowest BCUT2D eigenvalue weighted by Gasteiger charge is -1.97. The van der Waals surface area contributed by atoms with Crippen molar-refractivity contribution in [3.8, 4) is 6.07 Å². The summed E-state index contributed by atoms with van der Waals surface area (Å²) in [6.45, 7) is 3.71. The highest BCUT2D eigenvalue weighted by atomic mass is 35.5. The number of nitrogens with zero attached hydrogens (tertiary/aromatic N) is 1. The minimum atomic E-state index is 0.566. The molecule has 0 radical (unpaired) electrons. The number of allylic oxidation sites excluding steroid dienone is 1. The smallest absolute Gasteiger partial charge is 0.0959 e.